The van der Waals surface area contributed by atoms with Crippen LogP contribution >= 0.6 is 0 Å². The zero-order valence-corrected chi connectivity index (χ0v) is 16.9. The summed E-state index contributed by atoms with van der Waals surface area (Å²) >= 11 is 0. The lowest BCUT2D eigenvalue weighted by Gasteiger charge is -2.14. The predicted molar refractivity (Wildman–Crippen MR) is 114 cm³/mol. The summed E-state index contributed by atoms with van der Waals surface area (Å²) < 4.78 is 24.5. The third kappa shape index (κ3) is 2.46. The van der Waals surface area contributed by atoms with Gasteiger partial charge in [-0.2, -0.15) is 0 Å². The van der Waals surface area contributed by atoms with E-state index < -0.39 is 0 Å². The summed E-state index contributed by atoms with van der Waals surface area (Å²) in [4.78, 5) is 16.7. The first kappa shape index (κ1) is 18.1. The van der Waals surface area contributed by atoms with Crippen molar-refractivity contribution in [3.63, 3.8) is 0 Å². The summed E-state index contributed by atoms with van der Waals surface area (Å²) in [6, 6.07) is 8.48. The molecule has 1 N–H and O–H groups in total. The van der Waals surface area contributed by atoms with Gasteiger partial charge in [0.25, 0.3) is 0 Å². The van der Waals surface area contributed by atoms with Crippen molar-refractivity contribution in [3.05, 3.63) is 46.8 Å². The second-order valence-corrected chi connectivity index (χ2v) is 6.91. The Morgan fingerprint density at radius 3 is 2.40 bits per heavy atom. The van der Waals surface area contributed by atoms with Gasteiger partial charge in [0.05, 0.1) is 21.3 Å². The average molecular weight is 405 g/mol. The number of aromatic amines is 1. The molecular weight excluding hydrogens is 386 g/mol. The van der Waals surface area contributed by atoms with Crippen LogP contribution in [0.3, 0.4) is 0 Å². The van der Waals surface area contributed by atoms with Crippen molar-refractivity contribution < 1.29 is 18.6 Å². The second-order valence-electron chi connectivity index (χ2n) is 6.91. The highest BCUT2D eigenvalue weighted by Gasteiger charge is 2.22. The maximum Gasteiger partial charge on any atom is 0.203 e. The van der Waals surface area contributed by atoms with Crippen LogP contribution in [0.15, 0.2) is 45.7 Å². The molecule has 0 aliphatic carbocycles. The number of nitrogens with zero attached hydrogens (tertiary/aromatic N) is 2. The third-order valence-corrected chi connectivity index (χ3v) is 5.26. The Morgan fingerprint density at radius 1 is 1.00 bits per heavy atom. The Kier molecular flexibility index (Phi) is 3.95. The Hall–Kier alpha value is -3.94. The first-order valence-corrected chi connectivity index (χ1v) is 9.26. The Labute approximate surface area is 170 Å². The molecule has 152 valence electrons. The highest BCUT2D eigenvalue weighted by molar-refractivity contribution is 6.14. The first-order valence-electron chi connectivity index (χ1n) is 9.26. The molecule has 0 saturated carbocycles. The van der Waals surface area contributed by atoms with E-state index in [9.17, 15) is 4.79 Å². The number of furan rings is 1. The number of ether oxygens (including phenoxy) is 3. The number of aromatic nitrogens is 3. The fourth-order valence-electron chi connectivity index (χ4n) is 3.87. The number of pyridine rings is 1. The molecule has 0 spiro atoms. The number of aryl methyl sites for hydroxylation is 1. The lowest BCUT2D eigenvalue weighted by atomic mass is 10.0. The van der Waals surface area contributed by atoms with Gasteiger partial charge in [-0.25, -0.2) is 4.98 Å². The Morgan fingerprint density at radius 2 is 1.73 bits per heavy atom. The summed E-state index contributed by atoms with van der Waals surface area (Å²) in [6.07, 6.45) is 1.87. The van der Waals surface area contributed by atoms with Crippen molar-refractivity contribution in [3.8, 4) is 28.4 Å². The van der Waals surface area contributed by atoms with Crippen LogP contribution in [0.2, 0.25) is 0 Å². The number of rotatable bonds is 4. The molecule has 30 heavy (non-hydrogen) atoms. The maximum atomic E-state index is 11.9. The fraction of sp³-hybridized carbons (Fsp3) is 0.182. The molecule has 0 aliphatic rings. The van der Waals surface area contributed by atoms with Gasteiger partial charge >= 0.3 is 0 Å². The van der Waals surface area contributed by atoms with Crippen LogP contribution in [0, 0.1) is 0 Å². The minimum atomic E-state index is -0.117. The standard InChI is InChI=1S/C22H19N3O5/c1-25-22-14(10-23-25)18(11-7-16(27-2)20(29-4)17(8-11)28-3)21-19(24-22)13-6-5-12(26)9-15(13)30-21/h5-10,23H,1-4H3. The summed E-state index contributed by atoms with van der Waals surface area (Å²) in [6.45, 7) is 0. The quantitative estimate of drug-likeness (QED) is 0.488. The maximum absolute atomic E-state index is 11.9. The van der Waals surface area contributed by atoms with Gasteiger partial charge in [-0.3, -0.25) is 9.48 Å². The number of methoxy groups -OCH3 is 3. The van der Waals surface area contributed by atoms with Crippen LogP contribution in [0.5, 0.6) is 17.2 Å². The number of hydrogen-bond acceptors (Lipinski definition) is 6. The average Bonchev–Trinajstić information content (AvgIpc) is 3.30. The molecule has 0 unspecified atom stereocenters. The third-order valence-electron chi connectivity index (χ3n) is 5.26. The molecule has 0 bridgehead atoms. The number of nitrogens with one attached hydrogen (secondary N) is 1. The van der Waals surface area contributed by atoms with Gasteiger partial charge in [-0.1, -0.05) is 0 Å². The zero-order chi connectivity index (χ0) is 21.0. The molecule has 0 aliphatic heterocycles. The van der Waals surface area contributed by atoms with Crippen molar-refractivity contribution in [2.45, 2.75) is 0 Å². The molecule has 3 heterocycles. The van der Waals surface area contributed by atoms with E-state index in [4.69, 9.17) is 23.6 Å². The zero-order valence-electron chi connectivity index (χ0n) is 16.9. The molecule has 5 rings (SSSR count). The molecule has 0 saturated heterocycles. The van der Waals surface area contributed by atoms with Gasteiger partial charge in [0, 0.05) is 35.6 Å². The first-order chi connectivity index (χ1) is 14.5. The van der Waals surface area contributed by atoms with E-state index in [1.807, 2.05) is 30.1 Å². The lowest BCUT2D eigenvalue weighted by Crippen LogP contribution is -1.97. The minimum absolute atomic E-state index is 0.117. The van der Waals surface area contributed by atoms with Gasteiger partial charge in [-0.05, 0) is 29.8 Å². The van der Waals surface area contributed by atoms with Crippen LogP contribution in [0.25, 0.3) is 44.2 Å². The predicted octanol–water partition coefficient (Wildman–Crippen LogP) is 3.85. The summed E-state index contributed by atoms with van der Waals surface area (Å²) in [7, 11) is 6.60. The molecule has 3 aromatic heterocycles. The van der Waals surface area contributed by atoms with E-state index in [0.29, 0.717) is 33.9 Å². The molecule has 5 aromatic rings. The van der Waals surface area contributed by atoms with Gasteiger partial charge in [0.2, 0.25) is 5.75 Å². The van der Waals surface area contributed by atoms with Crippen molar-refractivity contribution in [2.75, 3.05) is 21.3 Å². The van der Waals surface area contributed by atoms with Crippen molar-refractivity contribution in [2.24, 2.45) is 7.05 Å². The van der Waals surface area contributed by atoms with E-state index in [1.54, 1.807) is 27.4 Å². The number of fused-ring (bicyclic) bond motifs is 4. The van der Waals surface area contributed by atoms with Gasteiger partial charge in [0.15, 0.2) is 28.2 Å². The van der Waals surface area contributed by atoms with Gasteiger partial charge < -0.3 is 23.7 Å². The van der Waals surface area contributed by atoms with Gasteiger partial charge in [0.1, 0.15) is 11.1 Å². The summed E-state index contributed by atoms with van der Waals surface area (Å²) in [5.41, 5.74) is 4.01. The molecule has 0 atom stereocenters. The Bertz CT molecular complexity index is 1470. The highest BCUT2D eigenvalue weighted by Crippen LogP contribution is 2.45. The van der Waals surface area contributed by atoms with E-state index in [2.05, 4.69) is 5.10 Å². The molecule has 2 aromatic carbocycles. The molecule has 0 radical (unpaired) electrons. The fourth-order valence-corrected chi connectivity index (χ4v) is 3.87. The normalized spacial score (nSPS) is 11.5. The van der Waals surface area contributed by atoms with E-state index in [0.717, 1.165) is 27.5 Å². The van der Waals surface area contributed by atoms with Crippen LogP contribution in [0.4, 0.5) is 0 Å². The van der Waals surface area contributed by atoms with Crippen LogP contribution < -0.4 is 19.6 Å². The number of hydrogen-bond donors (Lipinski definition) is 1. The summed E-state index contributed by atoms with van der Waals surface area (Å²) in [5.74, 6) is 1.57. The van der Waals surface area contributed by atoms with E-state index in [1.165, 1.54) is 12.1 Å². The highest BCUT2D eigenvalue weighted by atomic mass is 16.5. The van der Waals surface area contributed by atoms with Gasteiger partial charge in [-0.15, -0.1) is 0 Å². The SMILES string of the molecule is COc1cc(-c2c3c[nH]n(C)c3nc3c2oc2cc(=O)ccc23)cc(OC)c1OC. The van der Waals surface area contributed by atoms with Crippen LogP contribution in [-0.2, 0) is 7.05 Å². The minimum Gasteiger partial charge on any atom is -0.493 e. The van der Waals surface area contributed by atoms with Crippen LogP contribution in [0.1, 0.15) is 0 Å². The molecule has 0 amide bonds. The Balaban J connectivity index is 1.96. The van der Waals surface area contributed by atoms with Crippen molar-refractivity contribution in [1.82, 2.24) is 14.8 Å². The topological polar surface area (TPSA) is 91.5 Å². The van der Waals surface area contributed by atoms with E-state index in [-0.39, 0.29) is 5.43 Å². The molecular formula is C22H19N3O5. The number of benzene rings is 2. The number of H-pyrrole nitrogens is 1. The van der Waals surface area contributed by atoms with E-state index >= 15 is 0 Å². The molecule has 8 nitrogen and oxygen atoms in total. The largest absolute Gasteiger partial charge is 0.493 e. The second kappa shape index (κ2) is 6.55. The van der Waals surface area contributed by atoms with Crippen LogP contribution in [-0.4, -0.2) is 36.1 Å². The smallest absolute Gasteiger partial charge is 0.203 e. The molecule has 8 heteroatoms. The summed E-state index contributed by atoms with van der Waals surface area (Å²) in [5, 5.41) is 4.80. The monoisotopic (exact) mass is 405 g/mol. The van der Waals surface area contributed by atoms with Crippen molar-refractivity contribution in [1.29, 1.82) is 0 Å². The molecule has 0 fully saturated rings. The lowest BCUT2D eigenvalue weighted by molar-refractivity contribution is 0.324. The van der Waals surface area contributed by atoms with Crippen molar-refractivity contribution >= 4 is 33.1 Å².